The van der Waals surface area contributed by atoms with Crippen LogP contribution in [0.5, 0.6) is 0 Å². The molecule has 200 valence electrons. The first-order valence-corrected chi connectivity index (χ1v) is 13.5. The summed E-state index contributed by atoms with van der Waals surface area (Å²) in [6.07, 6.45) is 8.08. The summed E-state index contributed by atoms with van der Waals surface area (Å²) in [5.74, 6) is 0.516. The van der Waals surface area contributed by atoms with Crippen LogP contribution in [0.25, 0.3) is 22.6 Å². The maximum absolute atomic E-state index is 13.3. The molecule has 2 aliphatic rings. The first-order chi connectivity index (χ1) is 19.1. The Morgan fingerprint density at radius 1 is 1.03 bits per heavy atom. The van der Waals surface area contributed by atoms with Crippen LogP contribution in [-0.4, -0.2) is 88.1 Å². The number of hydrogen-bond donors (Lipinski definition) is 1. The van der Waals surface area contributed by atoms with Gasteiger partial charge in [0.25, 0.3) is 5.91 Å². The van der Waals surface area contributed by atoms with Gasteiger partial charge in [-0.25, -0.2) is 4.98 Å². The molecular formula is C30H33N7O2. The molecule has 0 spiro atoms. The summed E-state index contributed by atoms with van der Waals surface area (Å²) in [6.45, 7) is 5.91. The van der Waals surface area contributed by atoms with Crippen LogP contribution in [0.1, 0.15) is 22.5 Å². The highest BCUT2D eigenvalue weighted by Gasteiger charge is 2.29. The molecule has 2 aliphatic heterocycles. The fourth-order valence-electron chi connectivity index (χ4n) is 5.35. The average molecular weight is 524 g/mol. The maximum Gasteiger partial charge on any atom is 0.271 e. The number of carbonyl (C=O) groups is 1. The first kappa shape index (κ1) is 25.2. The van der Waals surface area contributed by atoms with E-state index >= 15 is 0 Å². The molecule has 9 heteroatoms. The number of morpholine rings is 1. The molecule has 9 nitrogen and oxygen atoms in total. The summed E-state index contributed by atoms with van der Waals surface area (Å²) >= 11 is 0. The number of benzene rings is 1. The van der Waals surface area contributed by atoms with Crippen LogP contribution < -0.4 is 4.90 Å². The van der Waals surface area contributed by atoms with Gasteiger partial charge in [-0.3, -0.25) is 19.7 Å². The minimum absolute atomic E-state index is 0.0566. The number of amides is 1. The number of rotatable bonds is 7. The average Bonchev–Trinajstić information content (AvgIpc) is 3.68. The zero-order valence-electron chi connectivity index (χ0n) is 22.2. The number of pyridine rings is 2. The van der Waals surface area contributed by atoms with E-state index in [1.807, 2.05) is 42.5 Å². The van der Waals surface area contributed by atoms with E-state index in [-0.39, 0.29) is 11.9 Å². The van der Waals surface area contributed by atoms with Crippen molar-refractivity contribution < 1.29 is 9.53 Å². The third-order valence-corrected chi connectivity index (χ3v) is 7.61. The number of nitrogens with one attached hydrogen (secondary N) is 1. The van der Waals surface area contributed by atoms with Gasteiger partial charge in [0, 0.05) is 63.8 Å². The molecule has 0 unspecified atom stereocenters. The lowest BCUT2D eigenvalue weighted by Crippen LogP contribution is -2.39. The summed E-state index contributed by atoms with van der Waals surface area (Å²) in [4.78, 5) is 36.5. The molecule has 1 N–H and O–H groups in total. The van der Waals surface area contributed by atoms with E-state index in [4.69, 9.17) is 4.74 Å². The number of H-pyrrole nitrogens is 1. The van der Waals surface area contributed by atoms with Crippen molar-refractivity contribution >= 4 is 11.6 Å². The van der Waals surface area contributed by atoms with E-state index in [0.29, 0.717) is 17.2 Å². The molecule has 3 aromatic heterocycles. The molecule has 0 bridgehead atoms. The number of nitrogens with zero attached hydrogens (tertiary/aromatic N) is 6. The molecule has 4 aromatic rings. The van der Waals surface area contributed by atoms with Crippen LogP contribution in [0.15, 0.2) is 73.3 Å². The second kappa shape index (κ2) is 11.3. The number of anilines is 1. The molecular weight excluding hydrogens is 490 g/mol. The molecule has 1 atom stereocenters. The Balaban J connectivity index is 1.13. The lowest BCUT2D eigenvalue weighted by Gasteiger charge is -2.28. The zero-order valence-corrected chi connectivity index (χ0v) is 22.2. The lowest BCUT2D eigenvalue weighted by molar-refractivity contribution is 0.0729. The quantitative estimate of drug-likeness (QED) is 0.395. The summed E-state index contributed by atoms with van der Waals surface area (Å²) in [5, 5.41) is 0. The Bertz CT molecular complexity index is 1420. The molecule has 2 fully saturated rings. The summed E-state index contributed by atoms with van der Waals surface area (Å²) in [7, 11) is 1.88. The molecule has 1 aromatic carbocycles. The number of hydrogen-bond acceptors (Lipinski definition) is 7. The molecule has 6 rings (SSSR count). The lowest BCUT2D eigenvalue weighted by atomic mass is 10.1. The number of aromatic nitrogens is 4. The van der Waals surface area contributed by atoms with Crippen molar-refractivity contribution in [1.82, 2.24) is 29.7 Å². The van der Waals surface area contributed by atoms with Crippen LogP contribution in [-0.2, 0) is 11.3 Å². The van der Waals surface area contributed by atoms with Crippen molar-refractivity contribution in [2.45, 2.75) is 19.0 Å². The van der Waals surface area contributed by atoms with Crippen molar-refractivity contribution in [2.75, 3.05) is 51.3 Å². The third-order valence-electron chi connectivity index (χ3n) is 7.61. The summed E-state index contributed by atoms with van der Waals surface area (Å²) < 4.78 is 5.48. The second-order valence-corrected chi connectivity index (χ2v) is 10.2. The van der Waals surface area contributed by atoms with Crippen LogP contribution >= 0.6 is 0 Å². The van der Waals surface area contributed by atoms with Crippen molar-refractivity contribution in [3.8, 4) is 22.6 Å². The second-order valence-electron chi connectivity index (χ2n) is 10.2. The Kier molecular flexibility index (Phi) is 7.33. The molecule has 0 saturated carbocycles. The fraction of sp³-hybridized carbons (Fsp3) is 0.333. The summed E-state index contributed by atoms with van der Waals surface area (Å²) in [6, 6.07) is 16.7. The van der Waals surface area contributed by atoms with Gasteiger partial charge >= 0.3 is 0 Å². The van der Waals surface area contributed by atoms with Gasteiger partial charge < -0.3 is 19.5 Å². The number of imidazole rings is 1. The van der Waals surface area contributed by atoms with Gasteiger partial charge in [0.2, 0.25) is 0 Å². The summed E-state index contributed by atoms with van der Waals surface area (Å²) in [5.41, 5.74) is 5.53. The third kappa shape index (κ3) is 5.69. The normalized spacial score (nSPS) is 17.9. The van der Waals surface area contributed by atoms with Crippen LogP contribution in [0, 0.1) is 0 Å². The number of carbonyl (C=O) groups excluding carboxylic acids is 1. The fourth-order valence-corrected chi connectivity index (χ4v) is 5.35. The molecule has 0 radical (unpaired) electrons. The Morgan fingerprint density at radius 2 is 1.87 bits per heavy atom. The largest absolute Gasteiger partial charge is 0.378 e. The van der Waals surface area contributed by atoms with Crippen LogP contribution in [0.2, 0.25) is 0 Å². The molecule has 0 aliphatic carbocycles. The van der Waals surface area contributed by atoms with E-state index in [2.05, 4.69) is 60.1 Å². The maximum atomic E-state index is 13.3. The van der Waals surface area contributed by atoms with Gasteiger partial charge in [-0.05, 0) is 35.7 Å². The van der Waals surface area contributed by atoms with Crippen molar-refractivity contribution in [3.05, 3.63) is 84.6 Å². The van der Waals surface area contributed by atoms with Gasteiger partial charge in [-0.15, -0.1) is 0 Å². The van der Waals surface area contributed by atoms with Gasteiger partial charge in [0.15, 0.2) is 5.82 Å². The van der Waals surface area contributed by atoms with Gasteiger partial charge in [-0.2, -0.15) is 0 Å². The van der Waals surface area contributed by atoms with Crippen LogP contribution in [0.3, 0.4) is 0 Å². The number of ether oxygens (including phenoxy) is 1. The zero-order chi connectivity index (χ0) is 26.6. The van der Waals surface area contributed by atoms with E-state index in [9.17, 15) is 4.79 Å². The monoisotopic (exact) mass is 523 g/mol. The van der Waals surface area contributed by atoms with E-state index in [1.165, 1.54) is 5.56 Å². The molecule has 2 saturated heterocycles. The van der Waals surface area contributed by atoms with E-state index in [1.54, 1.807) is 12.4 Å². The number of aromatic amines is 1. The highest BCUT2D eigenvalue weighted by atomic mass is 16.5. The van der Waals surface area contributed by atoms with Crippen molar-refractivity contribution in [3.63, 3.8) is 0 Å². The topological polar surface area (TPSA) is 90.5 Å². The van der Waals surface area contributed by atoms with E-state index < -0.39 is 0 Å². The minimum Gasteiger partial charge on any atom is -0.378 e. The highest BCUT2D eigenvalue weighted by molar-refractivity contribution is 5.92. The Morgan fingerprint density at radius 3 is 2.72 bits per heavy atom. The smallest absolute Gasteiger partial charge is 0.271 e. The minimum atomic E-state index is -0.0566. The first-order valence-electron chi connectivity index (χ1n) is 13.5. The van der Waals surface area contributed by atoms with E-state index in [0.717, 1.165) is 69.2 Å². The van der Waals surface area contributed by atoms with Crippen LogP contribution in [0.4, 0.5) is 5.69 Å². The Hall–Kier alpha value is -4.08. The predicted molar refractivity (Wildman–Crippen MR) is 150 cm³/mol. The molecule has 5 heterocycles. The SMILES string of the molecule is CN(C(=O)c1cnc(-c2cc(-c3cncc(N4CCOCC4)c3)ccn2)[nH]1)[C@H]1CCN(Cc2ccccc2)C1. The Labute approximate surface area is 228 Å². The van der Waals surface area contributed by atoms with Gasteiger partial charge in [-0.1, -0.05) is 30.3 Å². The highest BCUT2D eigenvalue weighted by Crippen LogP contribution is 2.27. The van der Waals surface area contributed by atoms with Gasteiger partial charge in [0.05, 0.1) is 31.3 Å². The molecule has 1 amide bonds. The number of likely N-dealkylation sites (tertiary alicyclic amines) is 1. The molecule has 39 heavy (non-hydrogen) atoms. The van der Waals surface area contributed by atoms with Crippen molar-refractivity contribution in [1.29, 1.82) is 0 Å². The van der Waals surface area contributed by atoms with Crippen molar-refractivity contribution in [2.24, 2.45) is 0 Å². The standard InChI is InChI=1S/C30H33N7O2/c1-35(25-8-10-36(21-25)20-22-5-3-2-4-6-22)30(38)28-19-33-29(34-28)27-16-23(7-9-32-27)24-15-26(18-31-17-24)37-11-13-39-14-12-37/h2-7,9,15-19,25H,8,10-14,20-21H2,1H3,(H,33,34)/t25-/m0/s1. The number of likely N-dealkylation sites (N-methyl/N-ethyl adjacent to an activating group) is 1. The van der Waals surface area contributed by atoms with Gasteiger partial charge in [0.1, 0.15) is 11.4 Å². The predicted octanol–water partition coefficient (Wildman–Crippen LogP) is 3.72.